The van der Waals surface area contributed by atoms with Crippen LogP contribution in [0.1, 0.15) is 28.1 Å². The number of fused-ring (bicyclic) bond motifs is 3. The number of thiophene rings is 1. The molecule has 0 radical (unpaired) electrons. The minimum Gasteiger partial charge on any atom is -0.496 e. The predicted octanol–water partition coefficient (Wildman–Crippen LogP) is 5.67. The fraction of sp³-hybridized carbons (Fsp3) is 0.130. The second-order valence-electron chi connectivity index (χ2n) is 7.28. The maximum atomic E-state index is 6.65. The summed E-state index contributed by atoms with van der Waals surface area (Å²) in [6.45, 7) is 0. The summed E-state index contributed by atoms with van der Waals surface area (Å²) in [5.41, 5.74) is 4.05. The molecule has 2 aliphatic heterocycles. The Labute approximate surface area is 191 Å². The maximum Gasteiger partial charge on any atom is 0.226 e. The van der Waals surface area contributed by atoms with Gasteiger partial charge in [-0.1, -0.05) is 34.1 Å². The topological polar surface area (TPSA) is 61.2 Å². The van der Waals surface area contributed by atoms with E-state index in [9.17, 15) is 0 Å². The van der Waals surface area contributed by atoms with Gasteiger partial charge in [0.15, 0.2) is 6.10 Å². The third-order valence-electron chi connectivity index (χ3n) is 5.61. The standard InChI is InChI=1S/C23H17BrN4O2S/c1-29-16-9-8-13(24)11-15(16)22-19-20(14-5-2-3-6-17(14)30-22)27-23-25-12-26-28(23)21(19)18-7-4-10-31-18/h2-12,21-22H,1H3,(H,25,26,27)/t21-,22+/m0/s1. The van der Waals surface area contributed by atoms with E-state index in [1.165, 1.54) is 4.88 Å². The molecule has 0 unspecified atom stereocenters. The monoisotopic (exact) mass is 492 g/mol. The number of aromatic nitrogens is 3. The average molecular weight is 493 g/mol. The van der Waals surface area contributed by atoms with Crippen LogP contribution in [0.25, 0.3) is 5.70 Å². The van der Waals surface area contributed by atoms with E-state index in [2.05, 4.69) is 61.0 Å². The predicted molar refractivity (Wildman–Crippen MR) is 124 cm³/mol. The molecule has 6 nitrogen and oxygen atoms in total. The van der Waals surface area contributed by atoms with Crippen molar-refractivity contribution in [3.05, 3.63) is 92.4 Å². The lowest BCUT2D eigenvalue weighted by Crippen LogP contribution is -2.32. The summed E-state index contributed by atoms with van der Waals surface area (Å²) < 4.78 is 15.3. The summed E-state index contributed by atoms with van der Waals surface area (Å²) >= 11 is 5.31. The van der Waals surface area contributed by atoms with Gasteiger partial charge in [0.1, 0.15) is 23.9 Å². The fourth-order valence-electron chi connectivity index (χ4n) is 4.31. The largest absolute Gasteiger partial charge is 0.496 e. The highest BCUT2D eigenvalue weighted by molar-refractivity contribution is 9.10. The van der Waals surface area contributed by atoms with Crippen molar-refractivity contribution in [2.45, 2.75) is 12.1 Å². The number of rotatable bonds is 3. The number of nitrogens with zero attached hydrogens (tertiary/aromatic N) is 3. The molecule has 2 aromatic heterocycles. The number of nitrogens with one attached hydrogen (secondary N) is 1. The van der Waals surface area contributed by atoms with Crippen LogP contribution in [0, 0.1) is 0 Å². The zero-order chi connectivity index (χ0) is 20.9. The van der Waals surface area contributed by atoms with Crippen molar-refractivity contribution in [2.75, 3.05) is 12.4 Å². The molecule has 4 heterocycles. The molecule has 0 saturated carbocycles. The van der Waals surface area contributed by atoms with Crippen LogP contribution in [0.2, 0.25) is 0 Å². The van der Waals surface area contributed by atoms with Gasteiger partial charge in [-0.2, -0.15) is 10.1 Å². The lowest BCUT2D eigenvalue weighted by molar-refractivity contribution is 0.218. The molecule has 2 atom stereocenters. The summed E-state index contributed by atoms with van der Waals surface area (Å²) in [4.78, 5) is 5.63. The van der Waals surface area contributed by atoms with Gasteiger partial charge in [-0.05, 0) is 41.8 Å². The molecular weight excluding hydrogens is 476 g/mol. The van der Waals surface area contributed by atoms with Gasteiger partial charge < -0.3 is 14.8 Å². The van der Waals surface area contributed by atoms with E-state index >= 15 is 0 Å². The van der Waals surface area contributed by atoms with Crippen LogP contribution in [0.5, 0.6) is 11.5 Å². The van der Waals surface area contributed by atoms with Crippen molar-refractivity contribution in [3.63, 3.8) is 0 Å². The lowest BCUT2D eigenvalue weighted by Gasteiger charge is -2.38. The number of para-hydroxylation sites is 1. The Balaban J connectivity index is 1.65. The molecule has 8 heteroatoms. The second kappa shape index (κ2) is 7.25. The van der Waals surface area contributed by atoms with E-state index in [4.69, 9.17) is 9.47 Å². The van der Waals surface area contributed by atoms with Crippen molar-refractivity contribution < 1.29 is 9.47 Å². The molecule has 0 spiro atoms. The quantitative estimate of drug-likeness (QED) is 0.399. The van der Waals surface area contributed by atoms with Gasteiger partial charge in [-0.25, -0.2) is 4.68 Å². The maximum absolute atomic E-state index is 6.65. The number of hydrogen-bond donors (Lipinski definition) is 1. The average Bonchev–Trinajstić information content (AvgIpc) is 3.49. The van der Waals surface area contributed by atoms with E-state index in [0.29, 0.717) is 5.95 Å². The van der Waals surface area contributed by atoms with E-state index in [-0.39, 0.29) is 12.1 Å². The van der Waals surface area contributed by atoms with Crippen LogP contribution in [0.3, 0.4) is 0 Å². The molecule has 1 N–H and O–H groups in total. The van der Waals surface area contributed by atoms with Crippen LogP contribution in [-0.2, 0) is 0 Å². The number of ether oxygens (including phenoxy) is 2. The van der Waals surface area contributed by atoms with Gasteiger partial charge in [-0.3, -0.25) is 0 Å². The van der Waals surface area contributed by atoms with E-state index in [0.717, 1.165) is 38.4 Å². The van der Waals surface area contributed by atoms with Crippen LogP contribution in [0.15, 0.2) is 76.4 Å². The van der Waals surface area contributed by atoms with Gasteiger partial charge in [0.25, 0.3) is 0 Å². The Hall–Kier alpha value is -3.10. The van der Waals surface area contributed by atoms with E-state index < -0.39 is 0 Å². The molecule has 0 aliphatic carbocycles. The van der Waals surface area contributed by atoms with Gasteiger partial charge in [0.2, 0.25) is 5.95 Å². The smallest absolute Gasteiger partial charge is 0.226 e. The molecule has 2 aliphatic rings. The number of benzene rings is 2. The first-order valence-electron chi connectivity index (χ1n) is 9.78. The molecule has 6 rings (SSSR count). The molecule has 0 amide bonds. The number of hydrogen-bond acceptors (Lipinski definition) is 6. The van der Waals surface area contributed by atoms with Crippen molar-refractivity contribution in [3.8, 4) is 11.5 Å². The van der Waals surface area contributed by atoms with E-state index in [1.54, 1.807) is 24.8 Å². The Kier molecular flexibility index (Phi) is 4.36. The summed E-state index contributed by atoms with van der Waals surface area (Å²) in [6.07, 6.45) is 1.22. The highest BCUT2D eigenvalue weighted by Crippen LogP contribution is 2.52. The zero-order valence-corrected chi connectivity index (χ0v) is 18.9. The minimum atomic E-state index is -0.366. The summed E-state index contributed by atoms with van der Waals surface area (Å²) in [7, 11) is 1.68. The first-order valence-corrected chi connectivity index (χ1v) is 11.5. The van der Waals surface area contributed by atoms with Crippen LogP contribution in [0.4, 0.5) is 5.95 Å². The molecular formula is C23H17BrN4O2S. The van der Waals surface area contributed by atoms with E-state index in [1.807, 2.05) is 35.0 Å². The molecule has 0 saturated heterocycles. The molecule has 0 fully saturated rings. The first kappa shape index (κ1) is 18.7. The third kappa shape index (κ3) is 2.90. The van der Waals surface area contributed by atoms with Crippen molar-refractivity contribution in [2.24, 2.45) is 0 Å². The summed E-state index contributed by atoms with van der Waals surface area (Å²) in [6, 6.07) is 18.1. The van der Waals surface area contributed by atoms with Crippen molar-refractivity contribution in [1.82, 2.24) is 14.8 Å². The third-order valence-corrected chi connectivity index (χ3v) is 7.03. The van der Waals surface area contributed by atoms with Crippen molar-refractivity contribution >= 4 is 38.9 Å². The highest BCUT2D eigenvalue weighted by Gasteiger charge is 2.42. The van der Waals surface area contributed by atoms with Crippen LogP contribution in [-0.4, -0.2) is 21.9 Å². The normalized spacial score (nSPS) is 19.0. The lowest BCUT2D eigenvalue weighted by atomic mass is 9.86. The van der Waals surface area contributed by atoms with Crippen molar-refractivity contribution in [1.29, 1.82) is 0 Å². The molecule has 154 valence electrons. The Bertz CT molecular complexity index is 1310. The highest BCUT2D eigenvalue weighted by atomic mass is 79.9. The van der Waals surface area contributed by atoms with Crippen LogP contribution < -0.4 is 14.8 Å². The van der Waals surface area contributed by atoms with Gasteiger partial charge in [0.05, 0.1) is 12.8 Å². The van der Waals surface area contributed by atoms with Crippen LogP contribution >= 0.6 is 27.3 Å². The SMILES string of the molecule is COc1ccc(Br)cc1[C@H]1Oc2ccccc2C2=C1[C@H](c1cccs1)n1ncnc1N2. The Morgan fingerprint density at radius 1 is 1.16 bits per heavy atom. The molecule has 4 aromatic rings. The van der Waals surface area contributed by atoms with Gasteiger partial charge in [0, 0.05) is 26.0 Å². The minimum absolute atomic E-state index is 0.143. The molecule has 31 heavy (non-hydrogen) atoms. The second-order valence-corrected chi connectivity index (χ2v) is 9.18. The number of anilines is 1. The Morgan fingerprint density at radius 3 is 2.90 bits per heavy atom. The summed E-state index contributed by atoms with van der Waals surface area (Å²) in [5, 5.41) is 10.2. The van der Waals surface area contributed by atoms with Gasteiger partial charge in [-0.15, -0.1) is 11.3 Å². The number of halogens is 1. The zero-order valence-electron chi connectivity index (χ0n) is 16.4. The summed E-state index contributed by atoms with van der Waals surface area (Å²) in [5.74, 6) is 2.31. The first-order chi connectivity index (χ1) is 15.2. The van der Waals surface area contributed by atoms with Gasteiger partial charge >= 0.3 is 0 Å². The number of methoxy groups -OCH3 is 1. The molecule has 2 aromatic carbocycles. The Morgan fingerprint density at radius 2 is 2.06 bits per heavy atom. The fourth-order valence-corrected chi connectivity index (χ4v) is 5.51. The molecule has 0 bridgehead atoms.